The van der Waals surface area contributed by atoms with E-state index in [0.29, 0.717) is 22.2 Å². The molecular formula is C21H13Cl2FN2OS. The molecule has 28 heavy (non-hydrogen) atoms. The van der Waals surface area contributed by atoms with Crippen molar-refractivity contribution in [2.24, 2.45) is 0 Å². The van der Waals surface area contributed by atoms with E-state index in [4.69, 9.17) is 23.2 Å². The van der Waals surface area contributed by atoms with Crippen molar-refractivity contribution >= 4 is 55.8 Å². The second-order valence-electron chi connectivity index (χ2n) is 6.08. The zero-order chi connectivity index (χ0) is 19.7. The van der Waals surface area contributed by atoms with E-state index in [-0.39, 0.29) is 16.5 Å². The van der Waals surface area contributed by atoms with E-state index < -0.39 is 5.82 Å². The van der Waals surface area contributed by atoms with E-state index in [2.05, 4.69) is 4.98 Å². The normalized spacial score (nSPS) is 11.0. The van der Waals surface area contributed by atoms with Crippen LogP contribution in [0.1, 0.15) is 15.9 Å². The largest absolute Gasteiger partial charge is 0.279 e. The summed E-state index contributed by atoms with van der Waals surface area (Å²) in [7, 11) is 0. The molecule has 0 saturated carbocycles. The highest BCUT2D eigenvalue weighted by Gasteiger charge is 2.24. The number of carbonyl (C=O) groups is 1. The lowest BCUT2D eigenvalue weighted by atomic mass is 10.1. The smallest absolute Gasteiger partial charge is 0.261 e. The van der Waals surface area contributed by atoms with Gasteiger partial charge in [-0.05, 0) is 35.9 Å². The van der Waals surface area contributed by atoms with Gasteiger partial charge in [-0.3, -0.25) is 9.69 Å². The predicted molar refractivity (Wildman–Crippen MR) is 113 cm³/mol. The molecule has 0 saturated heterocycles. The standard InChI is InChI=1S/C21H13Cl2FN2OS/c22-16-7-4-8-18-19(16)25-21(28-18)26(12-13-5-2-1-3-6-13)20(27)15-10-9-14(24)11-17(15)23/h1-11H,12H2. The van der Waals surface area contributed by atoms with Crippen molar-refractivity contribution in [3.05, 3.63) is 93.7 Å². The maximum atomic E-state index is 13.4. The minimum atomic E-state index is -0.497. The molecule has 1 heterocycles. The molecule has 1 aromatic heterocycles. The summed E-state index contributed by atoms with van der Waals surface area (Å²) >= 11 is 13.8. The molecule has 0 N–H and O–H groups in total. The Bertz CT molecular complexity index is 1160. The van der Waals surface area contributed by atoms with E-state index in [1.807, 2.05) is 42.5 Å². The van der Waals surface area contributed by atoms with Gasteiger partial charge >= 0.3 is 0 Å². The fourth-order valence-electron chi connectivity index (χ4n) is 2.82. The molecule has 0 aliphatic carbocycles. The summed E-state index contributed by atoms with van der Waals surface area (Å²) in [5, 5.41) is 1.08. The second-order valence-corrected chi connectivity index (χ2v) is 7.91. The number of benzene rings is 3. The molecule has 0 fully saturated rings. The van der Waals surface area contributed by atoms with Gasteiger partial charge in [0, 0.05) is 0 Å². The van der Waals surface area contributed by atoms with Gasteiger partial charge in [0.1, 0.15) is 11.3 Å². The summed E-state index contributed by atoms with van der Waals surface area (Å²) in [6.45, 7) is 0.296. The van der Waals surface area contributed by atoms with Crippen molar-refractivity contribution in [2.45, 2.75) is 6.54 Å². The zero-order valence-electron chi connectivity index (χ0n) is 14.4. The van der Waals surface area contributed by atoms with Crippen molar-refractivity contribution in [3.8, 4) is 0 Å². The SMILES string of the molecule is O=C(c1ccc(F)cc1Cl)N(Cc1ccccc1)c1nc2c(Cl)cccc2s1. The van der Waals surface area contributed by atoms with Gasteiger partial charge in [0.2, 0.25) is 0 Å². The average Bonchev–Trinajstić information content (AvgIpc) is 3.12. The van der Waals surface area contributed by atoms with Gasteiger partial charge in [0.05, 0.1) is 26.9 Å². The third kappa shape index (κ3) is 3.74. The molecule has 1 amide bonds. The number of aromatic nitrogens is 1. The Kier molecular flexibility index (Phi) is 5.31. The van der Waals surface area contributed by atoms with E-state index in [9.17, 15) is 9.18 Å². The molecule has 0 atom stereocenters. The van der Waals surface area contributed by atoms with Gasteiger partial charge in [0.15, 0.2) is 5.13 Å². The molecule has 7 heteroatoms. The molecule has 3 aromatic carbocycles. The monoisotopic (exact) mass is 430 g/mol. The third-order valence-electron chi connectivity index (χ3n) is 4.18. The molecule has 3 nitrogen and oxygen atoms in total. The molecule has 4 rings (SSSR count). The lowest BCUT2D eigenvalue weighted by Gasteiger charge is -2.20. The van der Waals surface area contributed by atoms with Gasteiger partial charge in [-0.25, -0.2) is 9.37 Å². The second kappa shape index (κ2) is 7.87. The van der Waals surface area contributed by atoms with Crippen LogP contribution in [-0.4, -0.2) is 10.9 Å². The minimum absolute atomic E-state index is 0.0576. The lowest BCUT2D eigenvalue weighted by molar-refractivity contribution is 0.0985. The van der Waals surface area contributed by atoms with Crippen molar-refractivity contribution in [1.82, 2.24) is 4.98 Å². The minimum Gasteiger partial charge on any atom is -0.279 e. The van der Waals surface area contributed by atoms with Crippen LogP contribution in [0, 0.1) is 5.82 Å². The van der Waals surface area contributed by atoms with Crippen molar-refractivity contribution in [2.75, 3.05) is 4.90 Å². The Morgan fingerprint density at radius 2 is 1.79 bits per heavy atom. The predicted octanol–water partition coefficient (Wildman–Crippen LogP) is 6.59. The fourth-order valence-corrected chi connectivity index (χ4v) is 4.33. The number of para-hydroxylation sites is 1. The van der Waals surface area contributed by atoms with Gasteiger partial charge < -0.3 is 0 Å². The first-order chi connectivity index (χ1) is 13.5. The number of anilines is 1. The number of nitrogens with zero attached hydrogens (tertiary/aromatic N) is 2. The van der Waals surface area contributed by atoms with Crippen LogP contribution in [0.3, 0.4) is 0 Å². The summed E-state index contributed by atoms with van der Waals surface area (Å²) < 4.78 is 14.3. The topological polar surface area (TPSA) is 33.2 Å². The molecule has 4 aromatic rings. The molecule has 0 bridgehead atoms. The summed E-state index contributed by atoms with van der Waals surface area (Å²) in [5.41, 5.74) is 1.78. The summed E-state index contributed by atoms with van der Waals surface area (Å²) in [6, 6.07) is 18.8. The number of rotatable bonds is 4. The molecule has 0 radical (unpaired) electrons. The maximum Gasteiger partial charge on any atom is 0.261 e. The Hall–Kier alpha value is -2.47. The number of hydrogen-bond acceptors (Lipinski definition) is 3. The summed E-state index contributed by atoms with van der Waals surface area (Å²) in [4.78, 5) is 19.4. The number of amides is 1. The van der Waals surface area contributed by atoms with Crippen LogP contribution in [0.15, 0.2) is 66.7 Å². The summed E-state index contributed by atoms with van der Waals surface area (Å²) in [5.74, 6) is -0.855. The number of thiazole rings is 1. The third-order valence-corrected chi connectivity index (χ3v) is 5.84. The lowest BCUT2D eigenvalue weighted by Crippen LogP contribution is -2.30. The Morgan fingerprint density at radius 1 is 1.00 bits per heavy atom. The van der Waals surface area contributed by atoms with E-state index in [1.54, 1.807) is 6.07 Å². The van der Waals surface area contributed by atoms with Gasteiger partial charge in [0.25, 0.3) is 5.91 Å². The average molecular weight is 431 g/mol. The molecule has 0 aliphatic rings. The quantitative estimate of drug-likeness (QED) is 0.365. The molecule has 140 valence electrons. The van der Waals surface area contributed by atoms with Crippen LogP contribution in [0.4, 0.5) is 9.52 Å². The van der Waals surface area contributed by atoms with E-state index in [1.165, 1.54) is 28.4 Å². The number of halogens is 3. The summed E-state index contributed by atoms with van der Waals surface area (Å²) in [6.07, 6.45) is 0. The van der Waals surface area contributed by atoms with Crippen molar-refractivity contribution in [3.63, 3.8) is 0 Å². The van der Waals surface area contributed by atoms with E-state index in [0.717, 1.165) is 16.3 Å². The van der Waals surface area contributed by atoms with Gasteiger partial charge in [-0.1, -0.05) is 70.9 Å². The maximum absolute atomic E-state index is 13.4. The molecular weight excluding hydrogens is 418 g/mol. The molecule has 0 unspecified atom stereocenters. The van der Waals surface area contributed by atoms with Crippen LogP contribution >= 0.6 is 34.5 Å². The Balaban J connectivity index is 1.80. The van der Waals surface area contributed by atoms with Crippen LogP contribution < -0.4 is 4.90 Å². The van der Waals surface area contributed by atoms with Crippen LogP contribution in [-0.2, 0) is 6.54 Å². The number of hydrogen-bond donors (Lipinski definition) is 0. The molecule has 0 spiro atoms. The Morgan fingerprint density at radius 3 is 2.50 bits per heavy atom. The van der Waals surface area contributed by atoms with Crippen molar-refractivity contribution in [1.29, 1.82) is 0 Å². The van der Waals surface area contributed by atoms with Crippen LogP contribution in [0.5, 0.6) is 0 Å². The first kappa shape index (κ1) is 18.9. The number of carbonyl (C=O) groups excluding carboxylic acids is 1. The first-order valence-electron chi connectivity index (χ1n) is 8.39. The highest BCUT2D eigenvalue weighted by molar-refractivity contribution is 7.22. The van der Waals surface area contributed by atoms with Crippen molar-refractivity contribution < 1.29 is 9.18 Å². The molecule has 0 aliphatic heterocycles. The Labute approximate surface area is 175 Å². The highest BCUT2D eigenvalue weighted by atomic mass is 35.5. The van der Waals surface area contributed by atoms with Crippen LogP contribution in [0.2, 0.25) is 10.0 Å². The fraction of sp³-hybridized carbons (Fsp3) is 0.0476. The highest BCUT2D eigenvalue weighted by Crippen LogP contribution is 2.34. The van der Waals surface area contributed by atoms with Gasteiger partial charge in [-0.2, -0.15) is 0 Å². The van der Waals surface area contributed by atoms with Gasteiger partial charge in [-0.15, -0.1) is 0 Å². The number of fused-ring (bicyclic) bond motifs is 1. The first-order valence-corrected chi connectivity index (χ1v) is 9.96. The van der Waals surface area contributed by atoms with Crippen LogP contribution in [0.25, 0.3) is 10.2 Å². The zero-order valence-corrected chi connectivity index (χ0v) is 16.7. The van der Waals surface area contributed by atoms with E-state index >= 15 is 0 Å².